The monoisotopic (exact) mass is 429 g/mol. The number of rotatable bonds is 5. The largest absolute Gasteiger partial charge is 0.347 e. The van der Waals surface area contributed by atoms with Crippen molar-refractivity contribution >= 4 is 17.2 Å². The molecular weight excluding hydrogens is 405 g/mol. The lowest BCUT2D eigenvalue weighted by Gasteiger charge is -2.15. The van der Waals surface area contributed by atoms with Crippen LogP contribution in [-0.4, -0.2) is 31.3 Å². The van der Waals surface area contributed by atoms with Gasteiger partial charge in [-0.3, -0.25) is 9.36 Å². The average molecular weight is 430 g/mol. The average Bonchev–Trinajstić information content (AvgIpc) is 3.27. The summed E-state index contributed by atoms with van der Waals surface area (Å²) < 4.78 is 16.2. The number of aryl methyl sites for hydroxylation is 1. The number of hydrogen-bond acceptors (Lipinski definition) is 5. The van der Waals surface area contributed by atoms with E-state index in [2.05, 4.69) is 15.4 Å². The van der Waals surface area contributed by atoms with Crippen LogP contribution < -0.4 is 11.0 Å². The topological polar surface area (TPSA) is 81.8 Å². The van der Waals surface area contributed by atoms with Crippen molar-refractivity contribution in [1.29, 1.82) is 0 Å². The van der Waals surface area contributed by atoms with Gasteiger partial charge < -0.3 is 5.32 Å². The Morgan fingerprint density at radius 1 is 1.30 bits per heavy atom. The van der Waals surface area contributed by atoms with Gasteiger partial charge in [-0.05, 0) is 36.5 Å². The summed E-state index contributed by atoms with van der Waals surface area (Å²) in [5, 5.41) is 9.92. The summed E-state index contributed by atoms with van der Waals surface area (Å²) >= 11 is 1.36. The van der Waals surface area contributed by atoms with Gasteiger partial charge in [0.25, 0.3) is 5.91 Å². The molecule has 0 aliphatic carbocycles. The van der Waals surface area contributed by atoms with Crippen LogP contribution in [0.25, 0.3) is 0 Å². The lowest BCUT2D eigenvalue weighted by molar-refractivity contribution is 0.0932. The number of aromatic nitrogens is 4. The molecule has 7 nitrogen and oxygen atoms in total. The number of thiazole rings is 1. The van der Waals surface area contributed by atoms with Crippen molar-refractivity contribution < 1.29 is 9.18 Å². The van der Waals surface area contributed by atoms with E-state index in [1.54, 1.807) is 16.7 Å². The minimum Gasteiger partial charge on any atom is -0.347 e. The van der Waals surface area contributed by atoms with Crippen molar-refractivity contribution in [2.24, 2.45) is 0 Å². The van der Waals surface area contributed by atoms with Gasteiger partial charge in [0.1, 0.15) is 11.6 Å². The highest BCUT2D eigenvalue weighted by atomic mass is 32.1. The summed E-state index contributed by atoms with van der Waals surface area (Å²) in [6.07, 6.45) is 1.97. The van der Waals surface area contributed by atoms with Gasteiger partial charge in [-0.15, -0.1) is 11.3 Å². The van der Waals surface area contributed by atoms with E-state index in [1.807, 2.05) is 19.2 Å². The first-order chi connectivity index (χ1) is 14.4. The van der Waals surface area contributed by atoms with Crippen LogP contribution in [0.2, 0.25) is 0 Å². The molecule has 0 saturated carbocycles. The van der Waals surface area contributed by atoms with Crippen LogP contribution in [0.5, 0.6) is 0 Å². The molecule has 3 heterocycles. The van der Waals surface area contributed by atoms with E-state index in [0.717, 1.165) is 17.1 Å². The van der Waals surface area contributed by atoms with E-state index < -0.39 is 0 Å². The third-order valence-corrected chi connectivity index (χ3v) is 6.16. The Labute approximate surface area is 177 Å². The molecule has 0 radical (unpaired) electrons. The molecule has 1 atom stereocenters. The van der Waals surface area contributed by atoms with Crippen molar-refractivity contribution in [2.75, 3.05) is 0 Å². The smallest absolute Gasteiger partial charge is 0.346 e. The maximum atomic E-state index is 13.1. The van der Waals surface area contributed by atoms with Crippen molar-refractivity contribution in [3.8, 4) is 0 Å². The van der Waals surface area contributed by atoms with Gasteiger partial charge in [0.05, 0.1) is 12.2 Å². The first-order valence-corrected chi connectivity index (χ1v) is 11.0. The van der Waals surface area contributed by atoms with Crippen LogP contribution in [0.1, 0.15) is 59.5 Å². The Kier molecular flexibility index (Phi) is 5.80. The summed E-state index contributed by atoms with van der Waals surface area (Å²) in [6.45, 7) is 4.90. The lowest BCUT2D eigenvalue weighted by Crippen LogP contribution is -2.35. The highest BCUT2D eigenvalue weighted by molar-refractivity contribution is 7.11. The van der Waals surface area contributed by atoms with Crippen LogP contribution >= 0.6 is 11.3 Å². The maximum Gasteiger partial charge on any atom is 0.346 e. The SMILES string of the molecule is CC(C)c1csc(C(=O)NC2CCc3nn(Cc4ccc(F)cc4)c(=O)n3CC2)n1. The van der Waals surface area contributed by atoms with Crippen LogP contribution in [0.15, 0.2) is 34.4 Å². The second-order valence-corrected chi connectivity index (χ2v) is 8.72. The molecule has 2 aromatic heterocycles. The molecule has 3 aromatic rings. The van der Waals surface area contributed by atoms with Crippen molar-refractivity contribution in [3.05, 3.63) is 68.0 Å². The predicted octanol–water partition coefficient (Wildman–Crippen LogP) is 2.95. The lowest BCUT2D eigenvalue weighted by atomic mass is 10.1. The molecule has 4 rings (SSSR count). The van der Waals surface area contributed by atoms with E-state index in [9.17, 15) is 14.0 Å². The minimum absolute atomic E-state index is 0.0319. The fourth-order valence-corrected chi connectivity index (χ4v) is 4.42. The molecule has 0 fully saturated rings. The van der Waals surface area contributed by atoms with E-state index in [4.69, 9.17) is 0 Å². The molecule has 1 amide bonds. The van der Waals surface area contributed by atoms with Crippen LogP contribution in [0.3, 0.4) is 0 Å². The van der Waals surface area contributed by atoms with Crippen molar-refractivity contribution in [2.45, 2.75) is 58.2 Å². The Bertz CT molecular complexity index is 1100. The molecule has 1 aromatic carbocycles. The van der Waals surface area contributed by atoms with Crippen LogP contribution in [-0.2, 0) is 19.5 Å². The molecule has 0 bridgehead atoms. The fourth-order valence-electron chi connectivity index (χ4n) is 3.54. The number of amides is 1. The first-order valence-electron chi connectivity index (χ1n) is 10.1. The standard InChI is InChI=1S/C21H24FN5O2S/c1-13(2)17-12-30-20(24-17)19(28)23-16-7-8-18-25-27(21(29)26(18)10-9-16)11-14-3-5-15(22)6-4-14/h3-6,12-13,16H,7-11H2,1-2H3,(H,23,28). The maximum absolute atomic E-state index is 13.1. The number of fused-ring (bicyclic) bond motifs is 1. The Hall–Kier alpha value is -2.81. The van der Waals surface area contributed by atoms with Crippen molar-refractivity contribution in [3.63, 3.8) is 0 Å². The molecular formula is C21H24FN5O2S. The number of benzene rings is 1. The fraction of sp³-hybridized carbons (Fsp3) is 0.429. The second-order valence-electron chi connectivity index (χ2n) is 7.86. The quantitative estimate of drug-likeness (QED) is 0.676. The highest BCUT2D eigenvalue weighted by Gasteiger charge is 2.23. The number of halogens is 1. The normalized spacial score (nSPS) is 16.3. The number of hydrogen-bond donors (Lipinski definition) is 1. The number of nitrogens with zero attached hydrogens (tertiary/aromatic N) is 4. The number of nitrogens with one attached hydrogen (secondary N) is 1. The van der Waals surface area contributed by atoms with Gasteiger partial charge in [0.2, 0.25) is 0 Å². The Balaban J connectivity index is 1.40. The number of carbonyl (C=O) groups excluding carboxylic acids is 1. The van der Waals surface area contributed by atoms with Gasteiger partial charge in [0, 0.05) is 24.4 Å². The van der Waals surface area contributed by atoms with Crippen LogP contribution in [0, 0.1) is 5.82 Å². The van der Waals surface area contributed by atoms with Gasteiger partial charge >= 0.3 is 5.69 Å². The summed E-state index contributed by atoms with van der Waals surface area (Å²) in [5.41, 5.74) is 1.57. The summed E-state index contributed by atoms with van der Waals surface area (Å²) in [6, 6.07) is 6.03. The Morgan fingerprint density at radius 3 is 2.77 bits per heavy atom. The van der Waals surface area contributed by atoms with Gasteiger partial charge in [0.15, 0.2) is 5.01 Å². The van der Waals surface area contributed by atoms with Gasteiger partial charge in [-0.2, -0.15) is 5.10 Å². The molecule has 9 heteroatoms. The highest BCUT2D eigenvalue weighted by Crippen LogP contribution is 2.19. The molecule has 1 N–H and O–H groups in total. The first kappa shape index (κ1) is 20.5. The molecule has 0 spiro atoms. The molecule has 30 heavy (non-hydrogen) atoms. The molecule has 1 aliphatic heterocycles. The van der Waals surface area contributed by atoms with Crippen LogP contribution in [0.4, 0.5) is 4.39 Å². The summed E-state index contributed by atoms with van der Waals surface area (Å²) in [7, 11) is 0. The molecule has 1 unspecified atom stereocenters. The zero-order valence-corrected chi connectivity index (χ0v) is 17.8. The van der Waals surface area contributed by atoms with E-state index >= 15 is 0 Å². The third-order valence-electron chi connectivity index (χ3n) is 5.31. The van der Waals surface area contributed by atoms with E-state index in [-0.39, 0.29) is 29.4 Å². The molecule has 1 aliphatic rings. The third kappa shape index (κ3) is 4.35. The van der Waals surface area contributed by atoms with Crippen molar-refractivity contribution in [1.82, 2.24) is 24.6 Å². The summed E-state index contributed by atoms with van der Waals surface area (Å²) in [4.78, 5) is 29.7. The molecule has 0 saturated heterocycles. The second kappa shape index (κ2) is 8.51. The van der Waals surface area contributed by atoms with E-state index in [1.165, 1.54) is 28.2 Å². The van der Waals surface area contributed by atoms with Gasteiger partial charge in [-0.1, -0.05) is 26.0 Å². The predicted molar refractivity (Wildman–Crippen MR) is 112 cm³/mol. The van der Waals surface area contributed by atoms with Gasteiger partial charge in [-0.25, -0.2) is 18.9 Å². The van der Waals surface area contributed by atoms with E-state index in [0.29, 0.717) is 37.4 Å². The zero-order valence-electron chi connectivity index (χ0n) is 17.0. The Morgan fingerprint density at radius 2 is 2.07 bits per heavy atom. The minimum atomic E-state index is -0.307. The summed E-state index contributed by atoms with van der Waals surface area (Å²) in [5.74, 6) is 0.535. The number of carbonyl (C=O) groups is 1. The zero-order chi connectivity index (χ0) is 21.3. The molecule has 158 valence electrons.